The van der Waals surface area contributed by atoms with Crippen LogP contribution in [0.1, 0.15) is 27.7 Å². The summed E-state index contributed by atoms with van der Waals surface area (Å²) in [6, 6.07) is 12.0. The lowest BCUT2D eigenvalue weighted by atomic mass is 10.1. The van der Waals surface area contributed by atoms with Crippen LogP contribution in [0.2, 0.25) is 0 Å². The van der Waals surface area contributed by atoms with Gasteiger partial charge in [0.15, 0.2) is 0 Å². The van der Waals surface area contributed by atoms with Crippen LogP contribution >= 0.6 is 18.1 Å². The molecule has 2 atom stereocenters. The zero-order valence-electron chi connectivity index (χ0n) is 14.1. The molecule has 0 bridgehead atoms. The van der Waals surface area contributed by atoms with E-state index in [2.05, 4.69) is 5.09 Å². The van der Waals surface area contributed by atoms with Gasteiger partial charge in [-0.15, -0.1) is 0 Å². The molecule has 2 aromatic carbocycles. The summed E-state index contributed by atoms with van der Waals surface area (Å²) in [6.07, 6.45) is 0. The highest BCUT2D eigenvalue weighted by Crippen LogP contribution is 2.50. The van der Waals surface area contributed by atoms with Gasteiger partial charge in [-0.05, 0) is 39.1 Å². The van der Waals surface area contributed by atoms with E-state index in [1.54, 1.807) is 32.9 Å². The lowest BCUT2D eigenvalue weighted by Crippen LogP contribution is -2.37. The molecule has 24 heavy (non-hydrogen) atoms. The van der Waals surface area contributed by atoms with Crippen molar-refractivity contribution in [2.45, 2.75) is 39.3 Å². The monoisotopic (exact) mass is 369 g/mol. The zero-order valence-corrected chi connectivity index (χ0v) is 15.7. The third-order valence-corrected chi connectivity index (χ3v) is 4.70. The molecule has 7 heteroatoms. The fraction of sp³-hybridized carbons (Fsp3) is 0.353. The van der Waals surface area contributed by atoms with Gasteiger partial charge < -0.3 is 9.26 Å². The highest BCUT2D eigenvalue weighted by Gasteiger charge is 2.30. The largest absolute Gasteiger partial charge is 0.459 e. The molecule has 0 heterocycles. The predicted molar refractivity (Wildman–Crippen MR) is 96.5 cm³/mol. The van der Waals surface area contributed by atoms with Gasteiger partial charge in [0.05, 0.1) is 0 Å². The molecule has 0 fully saturated rings. The van der Waals surface area contributed by atoms with E-state index in [4.69, 9.17) is 20.5 Å². The number of hydrogen-bond acceptors (Lipinski definition) is 4. The normalized spacial score (nSPS) is 15.5. The van der Waals surface area contributed by atoms with E-state index >= 15 is 0 Å². The van der Waals surface area contributed by atoms with Crippen LogP contribution in [0.3, 0.4) is 0 Å². The van der Waals surface area contributed by atoms with Crippen molar-refractivity contribution in [2.24, 2.45) is 0 Å². The first-order valence-electron chi connectivity index (χ1n) is 7.55. The number of benzene rings is 2. The van der Waals surface area contributed by atoms with Gasteiger partial charge in [-0.25, -0.2) is 9.65 Å². The Kier molecular flexibility index (Phi) is 5.59. The van der Waals surface area contributed by atoms with Crippen LogP contribution in [0.4, 0.5) is 0 Å². The third kappa shape index (κ3) is 5.23. The van der Waals surface area contributed by atoms with Crippen molar-refractivity contribution >= 4 is 34.9 Å². The fourth-order valence-electron chi connectivity index (χ4n) is 2.10. The van der Waals surface area contributed by atoms with Crippen molar-refractivity contribution in [3.8, 4) is 5.75 Å². The van der Waals surface area contributed by atoms with Gasteiger partial charge in [0.1, 0.15) is 17.4 Å². The lowest BCUT2D eigenvalue weighted by molar-refractivity contribution is -0.156. The second-order valence-electron chi connectivity index (χ2n) is 6.43. The first-order valence-corrected chi connectivity index (χ1v) is 10.1. The van der Waals surface area contributed by atoms with E-state index in [1.807, 2.05) is 30.3 Å². The van der Waals surface area contributed by atoms with Crippen LogP contribution in [-0.4, -0.2) is 17.6 Å². The molecule has 2 aromatic rings. The number of halogens is 1. The summed E-state index contributed by atoms with van der Waals surface area (Å²) < 4.78 is 23.2. The van der Waals surface area contributed by atoms with Crippen LogP contribution in [0, 0.1) is 0 Å². The maximum atomic E-state index is 12.5. The third-order valence-electron chi connectivity index (χ3n) is 3.07. The molecule has 0 amide bonds. The minimum Gasteiger partial charge on any atom is -0.459 e. The van der Waals surface area contributed by atoms with Gasteiger partial charge in [0.2, 0.25) is 0 Å². The van der Waals surface area contributed by atoms with E-state index in [-0.39, 0.29) is 0 Å². The van der Waals surface area contributed by atoms with Crippen molar-refractivity contribution in [3.63, 3.8) is 0 Å². The van der Waals surface area contributed by atoms with Crippen LogP contribution in [0.25, 0.3) is 10.8 Å². The van der Waals surface area contributed by atoms with Gasteiger partial charge in [-0.2, -0.15) is 0 Å². The summed E-state index contributed by atoms with van der Waals surface area (Å²) >= 11 is 6.00. The quantitative estimate of drug-likeness (QED) is 0.600. The van der Waals surface area contributed by atoms with Gasteiger partial charge in [0, 0.05) is 16.6 Å². The summed E-state index contributed by atoms with van der Waals surface area (Å²) in [7, 11) is 0. The molecule has 0 aliphatic carbocycles. The standard InChI is InChI=1S/C17H21ClNO4P/c1-12(16(20)22-17(2,3)4)19-24(18,21)23-15-11-7-9-13-8-5-6-10-14(13)15/h5-12H,1-4H3,(H,19,21). The van der Waals surface area contributed by atoms with E-state index in [1.165, 1.54) is 6.92 Å². The van der Waals surface area contributed by atoms with Crippen LogP contribution in [-0.2, 0) is 14.1 Å². The van der Waals surface area contributed by atoms with Crippen LogP contribution < -0.4 is 9.61 Å². The molecule has 1 N–H and O–H groups in total. The predicted octanol–water partition coefficient (Wildman–Crippen LogP) is 4.89. The number of hydrogen-bond donors (Lipinski definition) is 1. The molecular weight excluding hydrogens is 349 g/mol. The van der Waals surface area contributed by atoms with Crippen molar-refractivity contribution in [3.05, 3.63) is 42.5 Å². The summed E-state index contributed by atoms with van der Waals surface area (Å²) in [4.78, 5) is 12.0. The summed E-state index contributed by atoms with van der Waals surface area (Å²) in [5.74, 6) is -0.166. The molecule has 0 aliphatic rings. The molecular formula is C17H21ClNO4P. The zero-order chi connectivity index (χ0) is 18.0. The molecule has 0 saturated heterocycles. The molecule has 0 spiro atoms. The molecule has 0 aliphatic heterocycles. The van der Waals surface area contributed by atoms with Gasteiger partial charge in [-0.3, -0.25) is 4.79 Å². The maximum absolute atomic E-state index is 12.5. The number of rotatable bonds is 5. The Morgan fingerprint density at radius 3 is 2.46 bits per heavy atom. The second kappa shape index (κ2) is 7.14. The number of carbonyl (C=O) groups excluding carboxylic acids is 1. The summed E-state index contributed by atoms with van der Waals surface area (Å²) in [6.45, 7) is 3.01. The van der Waals surface area contributed by atoms with Crippen LogP contribution in [0.15, 0.2) is 42.5 Å². The Morgan fingerprint density at radius 1 is 1.17 bits per heavy atom. The number of nitrogens with one attached hydrogen (secondary N) is 1. The van der Waals surface area contributed by atoms with Gasteiger partial charge >= 0.3 is 12.8 Å². The first-order chi connectivity index (χ1) is 11.1. The number of fused-ring (bicyclic) bond motifs is 1. The van der Waals surface area contributed by atoms with Crippen molar-refractivity contribution in [1.29, 1.82) is 0 Å². The number of esters is 1. The van der Waals surface area contributed by atoms with E-state index < -0.39 is 24.5 Å². The summed E-state index contributed by atoms with van der Waals surface area (Å²) in [5.41, 5.74) is -0.639. The average Bonchev–Trinajstić information content (AvgIpc) is 2.45. The van der Waals surface area contributed by atoms with Crippen molar-refractivity contribution in [2.75, 3.05) is 0 Å². The van der Waals surface area contributed by atoms with Crippen molar-refractivity contribution in [1.82, 2.24) is 5.09 Å². The van der Waals surface area contributed by atoms with Gasteiger partial charge in [0.25, 0.3) is 0 Å². The second-order valence-corrected chi connectivity index (χ2v) is 9.17. The molecule has 0 aromatic heterocycles. The Balaban J connectivity index is 2.13. The van der Waals surface area contributed by atoms with E-state index in [0.29, 0.717) is 5.75 Å². The number of ether oxygens (including phenoxy) is 1. The molecule has 5 nitrogen and oxygen atoms in total. The van der Waals surface area contributed by atoms with Crippen molar-refractivity contribution < 1.29 is 18.6 Å². The highest BCUT2D eigenvalue weighted by molar-refractivity contribution is 7.84. The number of carbonyl (C=O) groups is 1. The molecule has 2 unspecified atom stereocenters. The molecule has 0 saturated carbocycles. The summed E-state index contributed by atoms with van der Waals surface area (Å²) in [5, 5.41) is 4.24. The van der Waals surface area contributed by atoms with E-state index in [9.17, 15) is 9.36 Å². The lowest BCUT2D eigenvalue weighted by Gasteiger charge is -2.24. The van der Waals surface area contributed by atoms with E-state index in [0.717, 1.165) is 10.8 Å². The minimum absolute atomic E-state index is 0.385. The topological polar surface area (TPSA) is 64.6 Å². The van der Waals surface area contributed by atoms with Crippen LogP contribution in [0.5, 0.6) is 5.75 Å². The minimum atomic E-state index is -3.77. The molecule has 130 valence electrons. The Hall–Kier alpha value is -1.55. The maximum Gasteiger partial charge on any atom is 0.409 e. The Labute approximate surface area is 146 Å². The SMILES string of the molecule is CC(NP(=O)(Cl)Oc1cccc2ccccc12)C(=O)OC(C)(C)C. The molecule has 0 radical (unpaired) electrons. The first kappa shape index (κ1) is 18.8. The molecule has 2 rings (SSSR count). The highest BCUT2D eigenvalue weighted by atomic mass is 35.7. The Morgan fingerprint density at radius 2 is 1.79 bits per heavy atom. The Bertz CT molecular complexity index is 782. The smallest absolute Gasteiger partial charge is 0.409 e. The average molecular weight is 370 g/mol. The van der Waals surface area contributed by atoms with Gasteiger partial charge in [-0.1, -0.05) is 36.4 Å². The fourth-order valence-corrected chi connectivity index (χ4v) is 3.80.